The molecular formula is C24H21F6N5O4. The maximum atomic E-state index is 14.2. The first kappa shape index (κ1) is 28.2. The molecule has 1 aromatic heterocycles. The smallest absolute Gasteiger partial charge is 0.378 e. The number of benzene rings is 1. The number of carbonyl (C=O) groups is 3. The van der Waals surface area contributed by atoms with E-state index >= 15 is 0 Å². The summed E-state index contributed by atoms with van der Waals surface area (Å²) in [6, 6.07) is 0.863. The molecule has 0 bridgehead atoms. The second-order valence-corrected chi connectivity index (χ2v) is 8.95. The van der Waals surface area contributed by atoms with Gasteiger partial charge in [-0.15, -0.1) is 0 Å². The molecule has 15 heteroatoms. The molecule has 4 amide bonds. The monoisotopic (exact) mass is 557 g/mol. The predicted molar refractivity (Wildman–Crippen MR) is 123 cm³/mol. The minimum atomic E-state index is -5.38. The number of aromatic nitrogens is 2. The summed E-state index contributed by atoms with van der Waals surface area (Å²) in [5.41, 5.74) is -4.28. The first-order chi connectivity index (χ1) is 18.2. The lowest BCUT2D eigenvalue weighted by atomic mass is 9.99. The van der Waals surface area contributed by atoms with Crippen LogP contribution in [0.1, 0.15) is 35.3 Å². The number of hydrogen-bond donors (Lipinski definition) is 1. The fourth-order valence-corrected chi connectivity index (χ4v) is 4.19. The van der Waals surface area contributed by atoms with Crippen LogP contribution in [0, 0.1) is 6.92 Å². The van der Waals surface area contributed by atoms with Gasteiger partial charge in [0.1, 0.15) is 0 Å². The van der Waals surface area contributed by atoms with Crippen molar-refractivity contribution in [2.75, 3.05) is 24.7 Å². The van der Waals surface area contributed by atoms with Crippen LogP contribution in [0.15, 0.2) is 36.7 Å². The number of nitrogens with one attached hydrogen (secondary N) is 1. The highest BCUT2D eigenvalue weighted by molar-refractivity contribution is 6.28. The van der Waals surface area contributed by atoms with Crippen LogP contribution < -0.4 is 10.2 Å². The van der Waals surface area contributed by atoms with Gasteiger partial charge in [-0.3, -0.25) is 14.6 Å². The molecule has 208 valence electrons. The highest BCUT2D eigenvalue weighted by atomic mass is 19.4. The van der Waals surface area contributed by atoms with E-state index in [0.29, 0.717) is 31.8 Å². The quantitative estimate of drug-likeness (QED) is 0.347. The fourth-order valence-electron chi connectivity index (χ4n) is 4.19. The lowest BCUT2D eigenvalue weighted by Gasteiger charge is -2.31. The van der Waals surface area contributed by atoms with Gasteiger partial charge in [-0.25, -0.2) is 19.6 Å². The van der Waals surface area contributed by atoms with Crippen molar-refractivity contribution in [3.63, 3.8) is 0 Å². The van der Waals surface area contributed by atoms with Crippen molar-refractivity contribution < 1.29 is 45.5 Å². The summed E-state index contributed by atoms with van der Waals surface area (Å²) in [5, 5.41) is 3.10. The van der Waals surface area contributed by atoms with Crippen molar-refractivity contribution in [2.45, 2.75) is 37.8 Å². The van der Waals surface area contributed by atoms with E-state index < -0.39 is 47.1 Å². The zero-order chi connectivity index (χ0) is 28.8. The summed E-state index contributed by atoms with van der Waals surface area (Å²) in [7, 11) is 0. The van der Waals surface area contributed by atoms with E-state index in [1.54, 1.807) is 0 Å². The number of ether oxygens (including phenoxy) is 1. The number of rotatable bonds is 4. The Balaban J connectivity index is 1.64. The van der Waals surface area contributed by atoms with E-state index in [1.807, 2.05) is 0 Å². The van der Waals surface area contributed by atoms with Crippen LogP contribution in [0.2, 0.25) is 0 Å². The van der Waals surface area contributed by atoms with Gasteiger partial charge < -0.3 is 10.1 Å². The van der Waals surface area contributed by atoms with Crippen LogP contribution in [-0.2, 0) is 20.5 Å². The maximum absolute atomic E-state index is 14.2. The number of nitrogens with zero attached hydrogens (tertiary/aromatic N) is 4. The number of urea groups is 1. The summed E-state index contributed by atoms with van der Waals surface area (Å²) < 4.78 is 86.8. The van der Waals surface area contributed by atoms with Crippen molar-refractivity contribution in [3.8, 4) is 0 Å². The lowest BCUT2D eigenvalue weighted by Crippen LogP contribution is -2.59. The van der Waals surface area contributed by atoms with Gasteiger partial charge in [0.15, 0.2) is 5.82 Å². The SMILES string of the molecule is Cc1cc(/C=C/C(=O)N2C(=O)N(c3cnc(C4COCCN4)cn3)C(=O)C2(C)C(F)(F)F)ccc1C(F)(F)F. The minimum Gasteiger partial charge on any atom is -0.378 e. The van der Waals surface area contributed by atoms with E-state index in [2.05, 4.69) is 15.3 Å². The molecule has 2 saturated heterocycles. The molecule has 2 fully saturated rings. The van der Waals surface area contributed by atoms with Crippen molar-refractivity contribution in [2.24, 2.45) is 0 Å². The topological polar surface area (TPSA) is 105 Å². The van der Waals surface area contributed by atoms with Crippen LogP contribution in [0.3, 0.4) is 0 Å². The maximum Gasteiger partial charge on any atom is 0.421 e. The van der Waals surface area contributed by atoms with E-state index in [0.717, 1.165) is 30.5 Å². The predicted octanol–water partition coefficient (Wildman–Crippen LogP) is 3.79. The number of aryl methyl sites for hydroxylation is 1. The number of hydrogen-bond acceptors (Lipinski definition) is 7. The average Bonchev–Trinajstić information content (AvgIpc) is 3.08. The summed E-state index contributed by atoms with van der Waals surface area (Å²) in [5.74, 6) is -3.81. The van der Waals surface area contributed by atoms with Gasteiger partial charge >= 0.3 is 18.4 Å². The molecule has 1 N–H and O–H groups in total. The molecule has 4 rings (SSSR count). The van der Waals surface area contributed by atoms with Crippen molar-refractivity contribution >= 4 is 29.7 Å². The molecule has 2 atom stereocenters. The molecular weight excluding hydrogens is 536 g/mol. The second-order valence-electron chi connectivity index (χ2n) is 8.95. The largest absolute Gasteiger partial charge is 0.421 e. The van der Waals surface area contributed by atoms with Crippen LogP contribution in [0.5, 0.6) is 0 Å². The van der Waals surface area contributed by atoms with Gasteiger partial charge in [-0.1, -0.05) is 12.1 Å². The zero-order valence-corrected chi connectivity index (χ0v) is 20.4. The Morgan fingerprint density at radius 1 is 1.15 bits per heavy atom. The van der Waals surface area contributed by atoms with E-state index in [4.69, 9.17) is 4.74 Å². The van der Waals surface area contributed by atoms with Gasteiger partial charge in [0, 0.05) is 12.6 Å². The number of halogens is 6. The van der Waals surface area contributed by atoms with Gasteiger partial charge in [-0.2, -0.15) is 26.3 Å². The number of amides is 4. The summed E-state index contributed by atoms with van der Waals surface area (Å²) in [4.78, 5) is 46.8. The molecule has 0 spiro atoms. The summed E-state index contributed by atoms with van der Waals surface area (Å²) in [6.45, 7) is 2.82. The van der Waals surface area contributed by atoms with E-state index in [9.17, 15) is 40.7 Å². The average molecular weight is 557 g/mol. The molecule has 39 heavy (non-hydrogen) atoms. The second kappa shape index (κ2) is 10.0. The van der Waals surface area contributed by atoms with Crippen molar-refractivity contribution in [1.82, 2.24) is 20.2 Å². The van der Waals surface area contributed by atoms with Gasteiger partial charge in [0.05, 0.1) is 42.9 Å². The fraction of sp³-hybridized carbons (Fsp3) is 0.375. The van der Waals surface area contributed by atoms with Gasteiger partial charge in [-0.05, 0) is 37.1 Å². The number of imide groups is 2. The van der Waals surface area contributed by atoms with Crippen LogP contribution in [-0.4, -0.2) is 64.2 Å². The standard InChI is InChI=1S/C24H21F6N5O4/c1-13-9-14(3-5-15(13)23(25,26)27)4-6-19(36)35-21(38)34(20(37)22(35,2)24(28,29)30)18-11-32-16(10-33-18)17-12-39-8-7-31-17/h3-6,9-11,17,31H,7-8,12H2,1-2H3/b6-4+. The van der Waals surface area contributed by atoms with Crippen LogP contribution >= 0.6 is 0 Å². The Hall–Kier alpha value is -3.85. The molecule has 2 aliphatic heterocycles. The van der Waals surface area contributed by atoms with Crippen molar-refractivity contribution in [1.29, 1.82) is 0 Å². The Kier molecular flexibility index (Phi) is 7.25. The van der Waals surface area contributed by atoms with Crippen LogP contribution in [0.25, 0.3) is 6.08 Å². The molecule has 2 aliphatic rings. The Labute approximate surface area is 217 Å². The molecule has 0 saturated carbocycles. The molecule has 1 aromatic carbocycles. The molecule has 2 unspecified atom stereocenters. The van der Waals surface area contributed by atoms with Crippen molar-refractivity contribution in [3.05, 3.63) is 59.1 Å². The van der Waals surface area contributed by atoms with E-state index in [1.165, 1.54) is 13.1 Å². The molecule has 3 heterocycles. The highest BCUT2D eigenvalue weighted by Gasteiger charge is 2.71. The Bertz CT molecular complexity index is 1320. The Morgan fingerprint density at radius 3 is 2.41 bits per heavy atom. The van der Waals surface area contributed by atoms with E-state index in [-0.39, 0.29) is 33.6 Å². The van der Waals surface area contributed by atoms with Gasteiger partial charge in [0.25, 0.3) is 11.8 Å². The normalized spacial score (nSPS) is 22.7. The Morgan fingerprint density at radius 2 is 1.87 bits per heavy atom. The van der Waals surface area contributed by atoms with Crippen LogP contribution in [0.4, 0.5) is 37.0 Å². The first-order valence-electron chi connectivity index (χ1n) is 11.4. The number of anilines is 1. The third kappa shape index (κ3) is 5.11. The zero-order valence-electron chi connectivity index (χ0n) is 20.4. The summed E-state index contributed by atoms with van der Waals surface area (Å²) >= 11 is 0. The van der Waals surface area contributed by atoms with Gasteiger partial charge in [0.2, 0.25) is 5.54 Å². The number of morpholine rings is 1. The number of carbonyl (C=O) groups excluding carboxylic acids is 3. The highest BCUT2D eigenvalue weighted by Crippen LogP contribution is 2.43. The molecule has 2 aromatic rings. The molecule has 0 aliphatic carbocycles. The first-order valence-corrected chi connectivity index (χ1v) is 11.4. The number of alkyl halides is 6. The third-order valence-electron chi connectivity index (χ3n) is 6.36. The third-order valence-corrected chi connectivity index (χ3v) is 6.36. The molecule has 0 radical (unpaired) electrons. The summed E-state index contributed by atoms with van der Waals surface area (Å²) in [6.07, 6.45) is -6.37. The minimum absolute atomic E-state index is 0.0548. The lowest BCUT2D eigenvalue weighted by molar-refractivity contribution is -0.209. The molecule has 9 nitrogen and oxygen atoms in total.